The Labute approximate surface area is 173 Å². The van der Waals surface area contributed by atoms with E-state index in [2.05, 4.69) is 30.5 Å². The molecule has 0 spiro atoms. The molecule has 3 aromatic heterocycles. The molecule has 154 valence electrons. The number of pyridine rings is 1. The minimum atomic E-state index is -0.0512. The number of ether oxygens (including phenoxy) is 2. The van der Waals surface area contributed by atoms with Gasteiger partial charge in [0.2, 0.25) is 5.88 Å². The Balaban J connectivity index is 1.64. The number of H-pyrrole nitrogens is 1. The van der Waals surface area contributed by atoms with E-state index < -0.39 is 0 Å². The summed E-state index contributed by atoms with van der Waals surface area (Å²) in [5.74, 6) is 2.07. The number of aromatic amines is 1. The molecule has 1 aliphatic carbocycles. The summed E-state index contributed by atoms with van der Waals surface area (Å²) in [6, 6.07) is 5.62. The SMILES string of the molecule is COc1nc(C)cc(O[C@H]2CCC[C@@H]2N)c1-c1cc(Nc2cnc(C#N)cn2)n[nH]1. The van der Waals surface area contributed by atoms with Crippen LogP contribution in [-0.2, 0) is 0 Å². The molecule has 3 aromatic rings. The van der Waals surface area contributed by atoms with Crippen molar-refractivity contribution in [3.63, 3.8) is 0 Å². The first-order chi connectivity index (χ1) is 14.6. The highest BCUT2D eigenvalue weighted by Gasteiger charge is 2.28. The molecular weight excluding hydrogens is 384 g/mol. The number of nitrogens with one attached hydrogen (secondary N) is 2. The fourth-order valence-electron chi connectivity index (χ4n) is 3.46. The van der Waals surface area contributed by atoms with Crippen molar-refractivity contribution in [2.45, 2.75) is 38.3 Å². The number of anilines is 2. The van der Waals surface area contributed by atoms with Crippen LogP contribution in [0.1, 0.15) is 30.7 Å². The zero-order chi connectivity index (χ0) is 21.1. The highest BCUT2D eigenvalue weighted by Crippen LogP contribution is 2.39. The zero-order valence-corrected chi connectivity index (χ0v) is 16.7. The number of nitrogens with two attached hydrogens (primary N) is 1. The molecule has 0 bridgehead atoms. The fourth-order valence-corrected chi connectivity index (χ4v) is 3.46. The second-order valence-electron chi connectivity index (χ2n) is 7.09. The van der Waals surface area contributed by atoms with E-state index in [9.17, 15) is 0 Å². The van der Waals surface area contributed by atoms with Gasteiger partial charge in [-0.3, -0.25) is 5.10 Å². The van der Waals surface area contributed by atoms with E-state index >= 15 is 0 Å². The Morgan fingerprint density at radius 3 is 2.77 bits per heavy atom. The molecule has 0 radical (unpaired) electrons. The van der Waals surface area contributed by atoms with Gasteiger partial charge in [0.05, 0.1) is 25.2 Å². The Kier molecular flexibility index (Phi) is 5.45. The van der Waals surface area contributed by atoms with Crippen molar-refractivity contribution in [3.8, 4) is 29.0 Å². The molecule has 10 nitrogen and oxygen atoms in total. The minimum Gasteiger partial charge on any atom is -0.488 e. The van der Waals surface area contributed by atoms with Crippen LogP contribution in [0, 0.1) is 18.3 Å². The molecule has 10 heteroatoms. The van der Waals surface area contributed by atoms with E-state index in [0.717, 1.165) is 25.0 Å². The molecule has 0 saturated heterocycles. The smallest absolute Gasteiger partial charge is 0.226 e. The molecule has 0 aliphatic heterocycles. The lowest BCUT2D eigenvalue weighted by molar-refractivity contribution is 0.191. The van der Waals surface area contributed by atoms with Gasteiger partial charge in [0.25, 0.3) is 0 Å². The first kappa shape index (κ1) is 19.6. The van der Waals surface area contributed by atoms with Crippen molar-refractivity contribution in [2.75, 3.05) is 12.4 Å². The molecule has 30 heavy (non-hydrogen) atoms. The maximum Gasteiger partial charge on any atom is 0.226 e. The van der Waals surface area contributed by atoms with Crippen LogP contribution in [0.15, 0.2) is 24.5 Å². The van der Waals surface area contributed by atoms with Gasteiger partial charge in [0, 0.05) is 23.9 Å². The molecular formula is C20H22N8O2. The number of hydrogen-bond acceptors (Lipinski definition) is 9. The van der Waals surface area contributed by atoms with Gasteiger partial charge in [-0.05, 0) is 26.2 Å². The van der Waals surface area contributed by atoms with Crippen LogP contribution >= 0.6 is 0 Å². The van der Waals surface area contributed by atoms with Crippen LogP contribution in [0.25, 0.3) is 11.3 Å². The average molecular weight is 406 g/mol. The summed E-state index contributed by atoms with van der Waals surface area (Å²) in [6.07, 6.45) is 5.72. The van der Waals surface area contributed by atoms with Crippen LogP contribution in [0.3, 0.4) is 0 Å². The molecule has 2 atom stereocenters. The Bertz CT molecular complexity index is 1070. The second-order valence-corrected chi connectivity index (χ2v) is 7.09. The molecule has 0 amide bonds. The van der Waals surface area contributed by atoms with Crippen LogP contribution < -0.4 is 20.5 Å². The number of hydrogen-bond donors (Lipinski definition) is 3. The van der Waals surface area contributed by atoms with E-state index in [1.54, 1.807) is 13.2 Å². The van der Waals surface area contributed by atoms with Crippen molar-refractivity contribution in [3.05, 3.63) is 35.9 Å². The predicted molar refractivity (Wildman–Crippen MR) is 109 cm³/mol. The summed E-state index contributed by atoms with van der Waals surface area (Å²) in [6.45, 7) is 1.89. The van der Waals surface area contributed by atoms with Gasteiger partial charge < -0.3 is 20.5 Å². The van der Waals surface area contributed by atoms with Crippen LogP contribution in [-0.4, -0.2) is 44.4 Å². The fraction of sp³-hybridized carbons (Fsp3) is 0.350. The highest BCUT2D eigenvalue weighted by molar-refractivity contribution is 5.75. The van der Waals surface area contributed by atoms with Gasteiger partial charge in [-0.15, -0.1) is 0 Å². The molecule has 3 heterocycles. The first-order valence-electron chi connectivity index (χ1n) is 9.60. The summed E-state index contributed by atoms with van der Waals surface area (Å²) < 4.78 is 11.8. The summed E-state index contributed by atoms with van der Waals surface area (Å²) >= 11 is 0. The monoisotopic (exact) mass is 406 g/mol. The van der Waals surface area contributed by atoms with Gasteiger partial charge >= 0.3 is 0 Å². The van der Waals surface area contributed by atoms with Crippen molar-refractivity contribution in [1.29, 1.82) is 5.26 Å². The molecule has 0 aromatic carbocycles. The minimum absolute atomic E-state index is 0.00580. The molecule has 1 saturated carbocycles. The van der Waals surface area contributed by atoms with Gasteiger partial charge in [-0.25, -0.2) is 15.0 Å². The third-order valence-corrected chi connectivity index (χ3v) is 4.92. The molecule has 1 aliphatic rings. The summed E-state index contributed by atoms with van der Waals surface area (Å²) in [4.78, 5) is 12.6. The van der Waals surface area contributed by atoms with E-state index in [1.165, 1.54) is 12.4 Å². The maximum absolute atomic E-state index is 8.83. The number of aryl methyl sites for hydroxylation is 1. The van der Waals surface area contributed by atoms with Crippen LogP contribution in [0.5, 0.6) is 11.6 Å². The summed E-state index contributed by atoms with van der Waals surface area (Å²) in [5.41, 5.74) is 8.57. The van der Waals surface area contributed by atoms with Gasteiger partial charge in [0.1, 0.15) is 29.3 Å². The Morgan fingerprint density at radius 1 is 1.23 bits per heavy atom. The molecule has 0 unspecified atom stereocenters. The summed E-state index contributed by atoms with van der Waals surface area (Å²) in [7, 11) is 1.57. The number of nitrogens with zero attached hydrogens (tertiary/aromatic N) is 5. The number of methoxy groups -OCH3 is 1. The second kappa shape index (κ2) is 8.34. The first-order valence-corrected chi connectivity index (χ1v) is 9.60. The average Bonchev–Trinajstić information content (AvgIpc) is 3.37. The normalized spacial score (nSPS) is 18.1. The van der Waals surface area contributed by atoms with Crippen LogP contribution in [0.4, 0.5) is 11.6 Å². The highest BCUT2D eigenvalue weighted by atomic mass is 16.5. The zero-order valence-electron chi connectivity index (χ0n) is 16.7. The number of aromatic nitrogens is 5. The quantitative estimate of drug-likeness (QED) is 0.561. The lowest BCUT2D eigenvalue weighted by atomic mass is 10.1. The van der Waals surface area contributed by atoms with Gasteiger partial charge in [-0.1, -0.05) is 0 Å². The predicted octanol–water partition coefficient (Wildman–Crippen LogP) is 2.45. The third-order valence-electron chi connectivity index (χ3n) is 4.92. The van der Waals surface area contributed by atoms with Gasteiger partial charge in [0.15, 0.2) is 11.5 Å². The molecule has 4 rings (SSSR count). The Morgan fingerprint density at radius 2 is 2.10 bits per heavy atom. The van der Waals surface area contributed by atoms with Crippen molar-refractivity contribution < 1.29 is 9.47 Å². The van der Waals surface area contributed by atoms with Crippen molar-refractivity contribution >= 4 is 11.6 Å². The number of rotatable bonds is 6. The van der Waals surface area contributed by atoms with Crippen molar-refractivity contribution in [2.24, 2.45) is 5.73 Å². The maximum atomic E-state index is 8.83. The van der Waals surface area contributed by atoms with Crippen molar-refractivity contribution in [1.82, 2.24) is 25.1 Å². The lowest BCUT2D eigenvalue weighted by Crippen LogP contribution is -2.33. The van der Waals surface area contributed by atoms with Gasteiger partial charge in [-0.2, -0.15) is 10.4 Å². The van der Waals surface area contributed by atoms with E-state index in [4.69, 9.17) is 20.5 Å². The Hall–Kier alpha value is -3.71. The number of nitriles is 1. The third kappa shape index (κ3) is 4.01. The van der Waals surface area contributed by atoms with E-state index in [1.807, 2.05) is 19.1 Å². The summed E-state index contributed by atoms with van der Waals surface area (Å²) in [5, 5.41) is 19.2. The van der Waals surface area contributed by atoms with E-state index in [-0.39, 0.29) is 17.8 Å². The molecule has 4 N–H and O–H groups in total. The molecule has 1 fully saturated rings. The topological polar surface area (TPSA) is 148 Å². The van der Waals surface area contributed by atoms with E-state index in [0.29, 0.717) is 34.5 Å². The van der Waals surface area contributed by atoms with Crippen LogP contribution in [0.2, 0.25) is 0 Å². The largest absolute Gasteiger partial charge is 0.488 e. The lowest BCUT2D eigenvalue weighted by Gasteiger charge is -2.21. The standard InChI is InChI=1S/C20H22N8O2/c1-11-6-16(30-15-5-3-4-13(15)22)19(20(25-11)29-2)14-7-17(28-27-14)26-18-10-23-12(8-21)9-24-18/h6-7,9-10,13,15H,3-5,22H2,1-2H3,(H2,24,26,27,28)/t13-,15-/m0/s1.